The fraction of sp³-hybridized carbons (Fsp3) is 0.450. The molecule has 13 nitrogen and oxygen atoms in total. The first-order valence-corrected chi connectivity index (χ1v) is 19.4. The van der Waals surface area contributed by atoms with E-state index in [0.29, 0.717) is 71.4 Å². The summed E-state index contributed by atoms with van der Waals surface area (Å²) in [4.78, 5) is 56.8. The fourth-order valence-electron chi connectivity index (χ4n) is 7.76. The van der Waals surface area contributed by atoms with Crippen LogP contribution in [0.3, 0.4) is 0 Å². The van der Waals surface area contributed by atoms with Crippen molar-refractivity contribution < 1.29 is 41.8 Å². The van der Waals surface area contributed by atoms with Gasteiger partial charge in [0.1, 0.15) is 17.1 Å². The third kappa shape index (κ3) is 9.33. The SMILES string of the molecule is COc1cc2nn([C@H]3CC[C@H](COCCC4CCN(C(=O)c5ccc(Cl)c(N6CCC(=O)NC6=O)c5)CC4)CC3)cc2cc1NC(=O)c1cccc(C(F)(F)F)n1. The maximum absolute atomic E-state index is 13.4. The number of hydrogen-bond acceptors (Lipinski definition) is 8. The number of fused-ring (bicyclic) bond motifs is 1. The minimum Gasteiger partial charge on any atom is -0.494 e. The number of urea groups is 1. The number of methoxy groups -OCH3 is 1. The quantitative estimate of drug-likeness (QED) is 0.148. The number of imide groups is 1. The molecule has 0 unspecified atom stereocenters. The Morgan fingerprint density at radius 1 is 0.982 bits per heavy atom. The molecule has 0 radical (unpaired) electrons. The van der Waals surface area contributed by atoms with Gasteiger partial charge >= 0.3 is 12.2 Å². The van der Waals surface area contributed by atoms with Crippen LogP contribution in [0.15, 0.2) is 54.7 Å². The summed E-state index contributed by atoms with van der Waals surface area (Å²) in [5.41, 5.74) is 0.312. The maximum atomic E-state index is 13.4. The molecule has 2 saturated heterocycles. The molecule has 2 aromatic carbocycles. The molecule has 4 heterocycles. The van der Waals surface area contributed by atoms with Crippen LogP contribution < -0.4 is 20.3 Å². The van der Waals surface area contributed by atoms with Crippen LogP contribution in [-0.4, -0.2) is 83.4 Å². The summed E-state index contributed by atoms with van der Waals surface area (Å²) in [7, 11) is 1.44. The highest BCUT2D eigenvalue weighted by atomic mass is 35.5. The third-order valence-electron chi connectivity index (χ3n) is 11.0. The second-order valence-corrected chi connectivity index (χ2v) is 15.2. The number of rotatable bonds is 11. The number of halogens is 4. The molecule has 3 fully saturated rings. The van der Waals surface area contributed by atoms with Gasteiger partial charge in [0.25, 0.3) is 11.8 Å². The Balaban J connectivity index is 0.841. The van der Waals surface area contributed by atoms with Crippen molar-refractivity contribution >= 4 is 57.6 Å². The number of amides is 5. The van der Waals surface area contributed by atoms with Gasteiger partial charge in [0.05, 0.1) is 35.1 Å². The smallest absolute Gasteiger partial charge is 0.433 e. The first kappa shape index (κ1) is 40.0. The topological polar surface area (TPSA) is 148 Å². The van der Waals surface area contributed by atoms with E-state index in [-0.39, 0.29) is 36.5 Å². The molecule has 17 heteroatoms. The minimum absolute atomic E-state index is 0.113. The standard InChI is InChI=1S/C40H43ClF3N7O6/c1-56-34-21-31-27(19-32(34)46-37(53)30-3-2-4-35(45-30)40(42,43)44)22-51(48-31)28-8-5-25(6-9-28)23-57-18-14-24-11-15-49(16-12-24)38(54)26-7-10-29(41)33(20-26)50-17-13-36(52)47-39(50)55/h2-4,7,10,19-22,24-25,28H,5-6,8-9,11-18,23H2,1H3,(H,46,53)(H,47,52,55)/t25-,28-. The van der Waals surface area contributed by atoms with Crippen LogP contribution in [0.4, 0.5) is 29.3 Å². The second-order valence-electron chi connectivity index (χ2n) is 14.8. The molecule has 5 amide bonds. The molecule has 2 aromatic heterocycles. The molecule has 0 spiro atoms. The lowest BCUT2D eigenvalue weighted by Gasteiger charge is -2.33. The average molecular weight is 810 g/mol. The van der Waals surface area contributed by atoms with Gasteiger partial charge in [0.2, 0.25) is 5.91 Å². The number of benzene rings is 2. The predicted molar refractivity (Wildman–Crippen MR) is 205 cm³/mol. The van der Waals surface area contributed by atoms with Crippen LogP contribution >= 0.6 is 11.6 Å². The van der Waals surface area contributed by atoms with E-state index in [1.807, 2.05) is 15.8 Å². The molecule has 2 N–H and O–H groups in total. The summed E-state index contributed by atoms with van der Waals surface area (Å²) in [5, 5.41) is 10.8. The van der Waals surface area contributed by atoms with Crippen LogP contribution in [-0.2, 0) is 15.7 Å². The number of nitrogens with one attached hydrogen (secondary N) is 2. The molecule has 0 bridgehead atoms. The van der Waals surface area contributed by atoms with E-state index in [0.717, 1.165) is 62.5 Å². The second kappa shape index (κ2) is 17.1. The minimum atomic E-state index is -4.67. The molecule has 2 aliphatic heterocycles. The molecule has 7 rings (SSSR count). The van der Waals surface area contributed by atoms with E-state index >= 15 is 0 Å². The molecular weight excluding hydrogens is 767 g/mol. The zero-order valence-electron chi connectivity index (χ0n) is 31.3. The van der Waals surface area contributed by atoms with Gasteiger partial charge in [-0.1, -0.05) is 17.7 Å². The molecule has 1 aliphatic carbocycles. The highest BCUT2D eigenvalue weighted by Crippen LogP contribution is 2.36. The van der Waals surface area contributed by atoms with Gasteiger partial charge in [0, 0.05) is 62.5 Å². The van der Waals surface area contributed by atoms with Crippen molar-refractivity contribution in [2.45, 2.75) is 63.6 Å². The van der Waals surface area contributed by atoms with Crippen LogP contribution in [0.2, 0.25) is 5.02 Å². The average Bonchev–Trinajstić information content (AvgIpc) is 3.62. The van der Waals surface area contributed by atoms with E-state index in [2.05, 4.69) is 15.6 Å². The number of hydrogen-bond donors (Lipinski definition) is 2. The molecular formula is C40H43ClF3N7O6. The van der Waals surface area contributed by atoms with Gasteiger partial charge in [-0.25, -0.2) is 9.78 Å². The number of likely N-dealkylation sites (tertiary alicyclic amines) is 1. The Kier molecular flexibility index (Phi) is 12.0. The maximum Gasteiger partial charge on any atom is 0.433 e. The summed E-state index contributed by atoms with van der Waals surface area (Å²) in [5.74, 6) is -0.0181. The number of piperidine rings is 1. The number of pyridine rings is 1. The van der Waals surface area contributed by atoms with Gasteiger partial charge in [0.15, 0.2) is 0 Å². The first-order valence-electron chi connectivity index (χ1n) is 19.1. The van der Waals surface area contributed by atoms with Crippen LogP contribution in [0.1, 0.15) is 83.9 Å². The van der Waals surface area contributed by atoms with Gasteiger partial charge in [-0.3, -0.25) is 29.3 Å². The normalized spacial score (nSPS) is 19.5. The highest BCUT2D eigenvalue weighted by molar-refractivity contribution is 6.34. The number of carbonyl (C=O) groups excluding carboxylic acids is 4. The zero-order chi connectivity index (χ0) is 40.3. The van der Waals surface area contributed by atoms with Crippen molar-refractivity contribution in [1.82, 2.24) is 25.0 Å². The molecule has 57 heavy (non-hydrogen) atoms. The summed E-state index contributed by atoms with van der Waals surface area (Å²) in [6.45, 7) is 2.81. The van der Waals surface area contributed by atoms with Gasteiger partial charge < -0.3 is 19.7 Å². The summed E-state index contributed by atoms with van der Waals surface area (Å²) >= 11 is 6.36. The van der Waals surface area contributed by atoms with Gasteiger partial charge in [-0.2, -0.15) is 18.3 Å². The van der Waals surface area contributed by atoms with Crippen LogP contribution in [0.5, 0.6) is 5.75 Å². The van der Waals surface area contributed by atoms with Crippen molar-refractivity contribution in [3.8, 4) is 5.75 Å². The largest absolute Gasteiger partial charge is 0.494 e. The number of ether oxygens (including phenoxy) is 2. The number of nitrogens with zero attached hydrogens (tertiary/aromatic N) is 5. The van der Waals surface area contributed by atoms with E-state index in [4.69, 9.17) is 26.2 Å². The Morgan fingerprint density at radius 2 is 1.75 bits per heavy atom. The van der Waals surface area contributed by atoms with Gasteiger partial charge in [-0.05, 0) is 93.2 Å². The summed E-state index contributed by atoms with van der Waals surface area (Å²) in [6.07, 6.45) is 3.92. The summed E-state index contributed by atoms with van der Waals surface area (Å²) < 4.78 is 53.0. The van der Waals surface area contributed by atoms with Gasteiger partial charge in [-0.15, -0.1) is 0 Å². The zero-order valence-corrected chi connectivity index (χ0v) is 32.1. The molecule has 1 saturated carbocycles. The van der Waals surface area contributed by atoms with Crippen molar-refractivity contribution in [1.29, 1.82) is 0 Å². The van der Waals surface area contributed by atoms with Crippen molar-refractivity contribution in [2.75, 3.05) is 50.2 Å². The predicted octanol–water partition coefficient (Wildman–Crippen LogP) is 7.50. The Labute approximate surface area is 331 Å². The van der Waals surface area contributed by atoms with Crippen molar-refractivity contribution in [3.05, 3.63) is 76.7 Å². The van der Waals surface area contributed by atoms with Crippen LogP contribution in [0.25, 0.3) is 10.9 Å². The molecule has 3 aliphatic rings. The third-order valence-corrected chi connectivity index (χ3v) is 11.3. The lowest BCUT2D eigenvalue weighted by atomic mass is 9.86. The lowest BCUT2D eigenvalue weighted by Crippen LogP contribution is -2.49. The van der Waals surface area contributed by atoms with Crippen molar-refractivity contribution in [2.24, 2.45) is 11.8 Å². The van der Waals surface area contributed by atoms with E-state index in [9.17, 15) is 32.3 Å². The first-order chi connectivity index (χ1) is 27.4. The number of anilines is 2. The van der Waals surface area contributed by atoms with Crippen LogP contribution in [0, 0.1) is 11.8 Å². The van der Waals surface area contributed by atoms with E-state index < -0.39 is 23.8 Å². The Bertz CT molecular complexity index is 2150. The molecule has 302 valence electrons. The molecule has 4 aromatic rings. The lowest BCUT2D eigenvalue weighted by molar-refractivity contribution is -0.141. The highest BCUT2D eigenvalue weighted by Gasteiger charge is 2.33. The number of alkyl halides is 3. The molecule has 0 atom stereocenters. The Morgan fingerprint density at radius 3 is 2.47 bits per heavy atom. The van der Waals surface area contributed by atoms with E-state index in [1.54, 1.807) is 30.3 Å². The number of aromatic nitrogens is 3. The van der Waals surface area contributed by atoms with Crippen molar-refractivity contribution in [3.63, 3.8) is 0 Å². The Hall–Kier alpha value is -5.22. The number of carbonyl (C=O) groups is 4. The fourth-order valence-corrected chi connectivity index (χ4v) is 7.98. The summed E-state index contributed by atoms with van der Waals surface area (Å²) in [6, 6.07) is 11.1. The van der Waals surface area contributed by atoms with E-state index in [1.165, 1.54) is 18.1 Å². The monoisotopic (exact) mass is 809 g/mol.